The summed E-state index contributed by atoms with van der Waals surface area (Å²) in [5.74, 6) is 0. The van der Waals surface area contributed by atoms with Crippen LogP contribution in [0.1, 0.15) is 43.9 Å². The maximum absolute atomic E-state index is 12.6. The number of hydrogen-bond donors (Lipinski definition) is 1. The van der Waals surface area contributed by atoms with Crippen LogP contribution in [-0.4, -0.2) is 19.8 Å². The highest BCUT2D eigenvalue weighted by molar-refractivity contribution is 5.27. The first kappa shape index (κ1) is 17.0. The van der Waals surface area contributed by atoms with Crippen LogP contribution in [0.3, 0.4) is 0 Å². The summed E-state index contributed by atoms with van der Waals surface area (Å²) >= 11 is 0. The van der Waals surface area contributed by atoms with E-state index < -0.39 is 11.7 Å². The van der Waals surface area contributed by atoms with Gasteiger partial charge in [0.2, 0.25) is 0 Å². The van der Waals surface area contributed by atoms with Crippen molar-refractivity contribution in [1.29, 1.82) is 0 Å². The lowest BCUT2D eigenvalue weighted by Crippen LogP contribution is -2.33. The van der Waals surface area contributed by atoms with Crippen LogP contribution in [0.15, 0.2) is 24.3 Å². The van der Waals surface area contributed by atoms with Crippen molar-refractivity contribution in [3.05, 3.63) is 35.4 Å². The van der Waals surface area contributed by atoms with Crippen LogP contribution in [-0.2, 0) is 10.9 Å². The van der Waals surface area contributed by atoms with E-state index in [1.807, 2.05) is 13.8 Å². The van der Waals surface area contributed by atoms with Crippen LogP contribution >= 0.6 is 0 Å². The van der Waals surface area contributed by atoms with Gasteiger partial charge in [0, 0.05) is 7.11 Å². The molecule has 0 aliphatic rings. The van der Waals surface area contributed by atoms with Crippen LogP contribution < -0.4 is 5.32 Å². The molecule has 1 aromatic rings. The average molecular weight is 289 g/mol. The van der Waals surface area contributed by atoms with E-state index in [2.05, 4.69) is 5.32 Å². The second kappa shape index (κ2) is 7.64. The Bertz CT molecular complexity index is 385. The first-order chi connectivity index (χ1) is 9.43. The maximum Gasteiger partial charge on any atom is 0.416 e. The zero-order chi connectivity index (χ0) is 15.2. The standard InChI is InChI=1S/C15H22F3NO/c1-4-10-19-14(13(5-2)20-3)11-6-8-12(9-7-11)15(16,17)18/h6-9,13-14,19H,4-5,10H2,1-3H3. The third-order valence-electron chi connectivity index (χ3n) is 3.29. The Kier molecular flexibility index (Phi) is 6.49. The molecule has 0 heterocycles. The number of benzene rings is 1. The van der Waals surface area contributed by atoms with Gasteiger partial charge in [0.05, 0.1) is 17.7 Å². The van der Waals surface area contributed by atoms with E-state index in [9.17, 15) is 13.2 Å². The number of alkyl halides is 3. The molecule has 2 atom stereocenters. The molecular formula is C15H22F3NO. The van der Waals surface area contributed by atoms with Gasteiger partial charge in [-0.2, -0.15) is 13.2 Å². The molecule has 0 radical (unpaired) electrons. The van der Waals surface area contributed by atoms with E-state index in [-0.39, 0.29) is 12.1 Å². The Morgan fingerprint density at radius 1 is 1.15 bits per heavy atom. The molecule has 2 unspecified atom stereocenters. The Labute approximate surface area is 118 Å². The minimum Gasteiger partial charge on any atom is -0.379 e. The predicted octanol–water partition coefficient (Wildman–Crippen LogP) is 4.17. The second-order valence-electron chi connectivity index (χ2n) is 4.73. The number of ether oxygens (including phenoxy) is 1. The highest BCUT2D eigenvalue weighted by Crippen LogP contribution is 2.30. The molecule has 1 aromatic carbocycles. The zero-order valence-corrected chi connectivity index (χ0v) is 12.1. The molecule has 0 aliphatic heterocycles. The lowest BCUT2D eigenvalue weighted by Gasteiger charge is -2.27. The molecule has 1 rings (SSSR count). The summed E-state index contributed by atoms with van der Waals surface area (Å²) in [6, 6.07) is 5.21. The smallest absolute Gasteiger partial charge is 0.379 e. The molecule has 5 heteroatoms. The molecule has 0 fully saturated rings. The fraction of sp³-hybridized carbons (Fsp3) is 0.600. The van der Waals surface area contributed by atoms with Gasteiger partial charge >= 0.3 is 6.18 Å². The highest BCUT2D eigenvalue weighted by Gasteiger charge is 2.30. The van der Waals surface area contributed by atoms with Crippen molar-refractivity contribution in [3.8, 4) is 0 Å². The summed E-state index contributed by atoms with van der Waals surface area (Å²) in [6.07, 6.45) is -2.61. The molecule has 0 aliphatic carbocycles. The van der Waals surface area contributed by atoms with Crippen LogP contribution in [0.5, 0.6) is 0 Å². The van der Waals surface area contributed by atoms with Gasteiger partial charge < -0.3 is 10.1 Å². The summed E-state index contributed by atoms with van der Waals surface area (Å²) in [4.78, 5) is 0. The Morgan fingerprint density at radius 2 is 1.75 bits per heavy atom. The van der Waals surface area contributed by atoms with E-state index in [0.717, 1.165) is 37.1 Å². The number of nitrogens with one attached hydrogen (secondary N) is 1. The minimum absolute atomic E-state index is 0.0571. The molecule has 0 bridgehead atoms. The largest absolute Gasteiger partial charge is 0.416 e. The Hall–Kier alpha value is -1.07. The molecule has 0 saturated heterocycles. The van der Waals surface area contributed by atoms with E-state index in [4.69, 9.17) is 4.74 Å². The molecular weight excluding hydrogens is 267 g/mol. The van der Waals surface area contributed by atoms with Crippen molar-refractivity contribution < 1.29 is 17.9 Å². The van der Waals surface area contributed by atoms with Gasteiger partial charge in [-0.15, -0.1) is 0 Å². The molecule has 2 nitrogen and oxygen atoms in total. The van der Waals surface area contributed by atoms with E-state index >= 15 is 0 Å². The highest BCUT2D eigenvalue weighted by atomic mass is 19.4. The summed E-state index contributed by atoms with van der Waals surface area (Å²) < 4.78 is 43.1. The molecule has 20 heavy (non-hydrogen) atoms. The van der Waals surface area contributed by atoms with Crippen LogP contribution in [0.4, 0.5) is 13.2 Å². The van der Waals surface area contributed by atoms with E-state index in [1.54, 1.807) is 7.11 Å². The molecule has 114 valence electrons. The van der Waals surface area contributed by atoms with E-state index in [0.29, 0.717) is 0 Å². The fourth-order valence-electron chi connectivity index (χ4n) is 2.18. The average Bonchev–Trinajstić information content (AvgIpc) is 2.43. The lowest BCUT2D eigenvalue weighted by atomic mass is 9.98. The van der Waals surface area contributed by atoms with Gasteiger partial charge in [0.1, 0.15) is 0 Å². The van der Waals surface area contributed by atoms with Crippen LogP contribution in [0.25, 0.3) is 0 Å². The van der Waals surface area contributed by atoms with Crippen molar-refractivity contribution in [3.63, 3.8) is 0 Å². The third kappa shape index (κ3) is 4.49. The normalized spacial score (nSPS) is 15.1. The monoisotopic (exact) mass is 289 g/mol. The number of hydrogen-bond acceptors (Lipinski definition) is 2. The molecule has 0 spiro atoms. The Balaban J connectivity index is 2.95. The van der Waals surface area contributed by atoms with Crippen molar-refractivity contribution in [1.82, 2.24) is 5.32 Å². The van der Waals surface area contributed by atoms with Crippen LogP contribution in [0.2, 0.25) is 0 Å². The summed E-state index contributed by atoms with van der Waals surface area (Å²) in [5.41, 5.74) is 0.195. The SMILES string of the molecule is CCCNC(c1ccc(C(F)(F)F)cc1)C(CC)OC. The lowest BCUT2D eigenvalue weighted by molar-refractivity contribution is -0.137. The topological polar surface area (TPSA) is 21.3 Å². The summed E-state index contributed by atoms with van der Waals surface area (Å²) in [5, 5.41) is 3.34. The summed E-state index contributed by atoms with van der Waals surface area (Å²) in [6.45, 7) is 4.84. The summed E-state index contributed by atoms with van der Waals surface area (Å²) in [7, 11) is 1.62. The number of rotatable bonds is 7. The van der Waals surface area contributed by atoms with Gasteiger partial charge in [-0.05, 0) is 37.1 Å². The molecule has 1 N–H and O–H groups in total. The van der Waals surface area contributed by atoms with Gasteiger partial charge in [-0.25, -0.2) is 0 Å². The number of halogens is 3. The first-order valence-electron chi connectivity index (χ1n) is 6.87. The van der Waals surface area contributed by atoms with Crippen LogP contribution in [0, 0.1) is 0 Å². The van der Waals surface area contributed by atoms with Gasteiger partial charge in [-0.1, -0.05) is 26.0 Å². The van der Waals surface area contributed by atoms with Crippen molar-refractivity contribution >= 4 is 0 Å². The number of methoxy groups -OCH3 is 1. The second-order valence-corrected chi connectivity index (χ2v) is 4.73. The molecule has 0 aromatic heterocycles. The van der Waals surface area contributed by atoms with Gasteiger partial charge in [0.25, 0.3) is 0 Å². The predicted molar refractivity (Wildman–Crippen MR) is 73.6 cm³/mol. The quantitative estimate of drug-likeness (QED) is 0.813. The molecule has 0 amide bonds. The Morgan fingerprint density at radius 3 is 2.15 bits per heavy atom. The van der Waals surface area contributed by atoms with Gasteiger partial charge in [-0.3, -0.25) is 0 Å². The zero-order valence-electron chi connectivity index (χ0n) is 12.1. The third-order valence-corrected chi connectivity index (χ3v) is 3.29. The first-order valence-corrected chi connectivity index (χ1v) is 6.87. The fourth-order valence-corrected chi connectivity index (χ4v) is 2.18. The minimum atomic E-state index is -4.30. The van der Waals surface area contributed by atoms with Crippen molar-refractivity contribution in [2.45, 2.75) is 45.0 Å². The van der Waals surface area contributed by atoms with E-state index in [1.165, 1.54) is 12.1 Å². The van der Waals surface area contributed by atoms with Crippen molar-refractivity contribution in [2.24, 2.45) is 0 Å². The van der Waals surface area contributed by atoms with Gasteiger partial charge in [0.15, 0.2) is 0 Å². The van der Waals surface area contributed by atoms with Crippen molar-refractivity contribution in [2.75, 3.05) is 13.7 Å². The maximum atomic E-state index is 12.6. The molecule has 0 saturated carbocycles.